The van der Waals surface area contributed by atoms with Crippen molar-refractivity contribution in [1.82, 2.24) is 0 Å². The van der Waals surface area contributed by atoms with Gasteiger partial charge in [0.15, 0.2) is 0 Å². The second kappa shape index (κ2) is 43.3. The first-order valence-electron chi connectivity index (χ1n) is 18.5. The molecule has 0 heterocycles. The van der Waals surface area contributed by atoms with E-state index in [0.29, 0.717) is 12.8 Å². The maximum atomic E-state index is 10.3. The van der Waals surface area contributed by atoms with Crippen molar-refractivity contribution in [3.63, 3.8) is 0 Å². The normalized spacial score (nSPS) is 12.7. The monoisotopic (exact) mass is 661 g/mol. The smallest absolute Gasteiger partial charge is 0.303 e. The summed E-state index contributed by atoms with van der Waals surface area (Å²) in [5.41, 5.74) is 0. The summed E-state index contributed by atoms with van der Waals surface area (Å²) >= 11 is 0. The fourth-order valence-electron chi connectivity index (χ4n) is 4.13. The first-order chi connectivity index (χ1) is 23.5. The molecule has 0 bridgehead atoms. The fourth-order valence-corrected chi connectivity index (χ4v) is 4.13. The molecule has 0 amide bonds. The molecule has 0 aliphatic carbocycles. The number of carboxylic acid groups (broad SMARTS) is 2. The highest BCUT2D eigenvalue weighted by Crippen LogP contribution is 2.05. The Kier molecular flexibility index (Phi) is 41.9. The van der Waals surface area contributed by atoms with Gasteiger partial charge in [0, 0.05) is 12.8 Å². The molecule has 0 aromatic heterocycles. The predicted octanol–water partition coefficient (Wildman–Crippen LogP) is 13.5. The Morgan fingerprint density at radius 2 is 0.625 bits per heavy atom. The summed E-state index contributed by atoms with van der Waals surface area (Å²) in [5.74, 6) is -1.42. The Hall–Kier alpha value is -3.66. The number of hydrogen-bond donors (Lipinski definition) is 2. The quantitative estimate of drug-likeness (QED) is 0.0594. The molecule has 0 atom stereocenters. The van der Waals surface area contributed by atoms with Gasteiger partial charge in [-0.1, -0.05) is 142 Å². The van der Waals surface area contributed by atoms with E-state index in [1.807, 2.05) is 6.08 Å². The number of carbonyl (C=O) groups is 2. The Morgan fingerprint density at radius 3 is 1.02 bits per heavy atom. The molecule has 2 N–H and O–H groups in total. The maximum Gasteiger partial charge on any atom is 0.303 e. The van der Waals surface area contributed by atoms with E-state index in [2.05, 4.69) is 129 Å². The predicted molar refractivity (Wildman–Crippen MR) is 210 cm³/mol. The highest BCUT2D eigenvalue weighted by atomic mass is 16.4. The van der Waals surface area contributed by atoms with Gasteiger partial charge in [-0.2, -0.15) is 0 Å². The third kappa shape index (κ3) is 49.2. The maximum absolute atomic E-state index is 10.3. The third-order valence-electron chi connectivity index (χ3n) is 6.79. The minimum absolute atomic E-state index is 0.226. The van der Waals surface area contributed by atoms with Crippen LogP contribution in [-0.2, 0) is 9.59 Å². The van der Waals surface area contributed by atoms with Crippen LogP contribution in [0.15, 0.2) is 122 Å². The number of unbranched alkanes of at least 4 members (excludes halogenated alkanes) is 6. The second-order valence-corrected chi connectivity index (χ2v) is 11.4. The van der Waals surface area contributed by atoms with E-state index < -0.39 is 11.9 Å². The lowest BCUT2D eigenvalue weighted by atomic mass is 10.1. The van der Waals surface area contributed by atoms with E-state index in [1.165, 1.54) is 0 Å². The van der Waals surface area contributed by atoms with E-state index in [1.54, 1.807) is 0 Å². The molecule has 0 aliphatic heterocycles. The number of rotatable bonds is 30. The summed E-state index contributed by atoms with van der Waals surface area (Å²) in [6, 6.07) is 0. The van der Waals surface area contributed by atoms with Crippen molar-refractivity contribution in [1.29, 1.82) is 0 Å². The number of hydrogen-bond acceptors (Lipinski definition) is 2. The minimum Gasteiger partial charge on any atom is -0.481 e. The highest BCUT2D eigenvalue weighted by molar-refractivity contribution is 5.67. The molecule has 0 unspecified atom stereocenters. The Balaban J connectivity index is 0. The van der Waals surface area contributed by atoms with Crippen molar-refractivity contribution in [3.8, 4) is 0 Å². The van der Waals surface area contributed by atoms with E-state index in [9.17, 15) is 9.59 Å². The van der Waals surface area contributed by atoms with Gasteiger partial charge in [-0.3, -0.25) is 9.59 Å². The molecular formula is C44H68O4. The van der Waals surface area contributed by atoms with E-state index in [4.69, 9.17) is 10.2 Å². The molecule has 4 heteroatoms. The molecule has 0 fully saturated rings. The van der Waals surface area contributed by atoms with Crippen LogP contribution >= 0.6 is 0 Å². The zero-order valence-corrected chi connectivity index (χ0v) is 30.4. The molecule has 48 heavy (non-hydrogen) atoms. The summed E-state index contributed by atoms with van der Waals surface area (Å²) in [6.45, 7) is 4.31. The van der Waals surface area contributed by atoms with E-state index in [-0.39, 0.29) is 6.42 Å². The molecule has 0 rings (SSSR count). The van der Waals surface area contributed by atoms with Crippen LogP contribution in [0, 0.1) is 0 Å². The van der Waals surface area contributed by atoms with Crippen LogP contribution in [-0.4, -0.2) is 22.2 Å². The highest BCUT2D eigenvalue weighted by Gasteiger charge is 1.95. The van der Waals surface area contributed by atoms with E-state index in [0.717, 1.165) is 109 Å². The first-order valence-corrected chi connectivity index (χ1v) is 18.5. The van der Waals surface area contributed by atoms with Crippen LogP contribution in [0.5, 0.6) is 0 Å². The van der Waals surface area contributed by atoms with Crippen molar-refractivity contribution in [2.75, 3.05) is 0 Å². The number of allylic oxidation sites excluding steroid dienone is 20. The largest absolute Gasteiger partial charge is 0.481 e. The van der Waals surface area contributed by atoms with Crippen LogP contribution in [0.1, 0.15) is 142 Å². The van der Waals surface area contributed by atoms with Crippen LogP contribution in [0.2, 0.25) is 0 Å². The van der Waals surface area contributed by atoms with Gasteiger partial charge >= 0.3 is 11.9 Å². The number of carboxylic acids is 2. The van der Waals surface area contributed by atoms with Crippen molar-refractivity contribution in [2.45, 2.75) is 142 Å². The molecule has 0 aliphatic rings. The lowest BCUT2D eigenvalue weighted by molar-refractivity contribution is -0.138. The van der Waals surface area contributed by atoms with Crippen LogP contribution in [0.25, 0.3) is 0 Å². The average molecular weight is 661 g/mol. The fraction of sp³-hybridized carbons (Fsp3) is 0.500. The van der Waals surface area contributed by atoms with Crippen molar-refractivity contribution >= 4 is 11.9 Å². The summed E-state index contributed by atoms with van der Waals surface area (Å²) in [7, 11) is 0. The summed E-state index contributed by atoms with van der Waals surface area (Å²) in [6.07, 6.45) is 62.7. The van der Waals surface area contributed by atoms with Gasteiger partial charge in [0.2, 0.25) is 0 Å². The van der Waals surface area contributed by atoms with Crippen LogP contribution in [0.4, 0.5) is 0 Å². The standard InChI is InChI=1S/2C22H34O2/c2*1-2-3-4-5-6-7-8-9-10-11-12-13-14-15-16-17-18-19-20-21-22(23)24/h3-4,7-8,10-11,14-15,18-19H,2,5-6,9,12-13,16-17,20-21H2,1H3,(H,23,24);3-4,6-7,9-10,12-13,15-16H,2,5,8,11,14,17-21H2,1H3,(H,23,24). The summed E-state index contributed by atoms with van der Waals surface area (Å²) < 4.78 is 0. The van der Waals surface area contributed by atoms with Crippen molar-refractivity contribution in [2.24, 2.45) is 0 Å². The lowest BCUT2D eigenvalue weighted by Crippen LogP contribution is -1.93. The molecule has 0 saturated heterocycles. The first kappa shape index (κ1) is 46.5. The van der Waals surface area contributed by atoms with E-state index >= 15 is 0 Å². The molecule has 268 valence electrons. The van der Waals surface area contributed by atoms with Crippen molar-refractivity contribution in [3.05, 3.63) is 122 Å². The zero-order valence-electron chi connectivity index (χ0n) is 30.4. The van der Waals surface area contributed by atoms with Gasteiger partial charge < -0.3 is 10.2 Å². The van der Waals surface area contributed by atoms with Gasteiger partial charge in [-0.15, -0.1) is 0 Å². The van der Waals surface area contributed by atoms with Gasteiger partial charge in [0.1, 0.15) is 0 Å². The van der Waals surface area contributed by atoms with Crippen molar-refractivity contribution < 1.29 is 19.8 Å². The zero-order chi connectivity index (χ0) is 35.4. The molecule has 0 spiro atoms. The molecule has 0 radical (unpaired) electrons. The Labute approximate surface area is 294 Å². The minimum atomic E-state index is -0.729. The van der Waals surface area contributed by atoms with Crippen LogP contribution < -0.4 is 0 Å². The molecular weight excluding hydrogens is 592 g/mol. The SMILES string of the molecule is CCC=CCC=CCC=CCC=CCC=CCCCCCC(=O)O.CCC=CCCC=CCC=CCCC=CCCC=CCCC(=O)O. The summed E-state index contributed by atoms with van der Waals surface area (Å²) in [4.78, 5) is 20.7. The molecule has 0 aromatic carbocycles. The van der Waals surface area contributed by atoms with Gasteiger partial charge in [0.05, 0.1) is 0 Å². The lowest BCUT2D eigenvalue weighted by Gasteiger charge is -1.94. The molecule has 4 nitrogen and oxygen atoms in total. The number of aliphatic carboxylic acids is 2. The topological polar surface area (TPSA) is 74.6 Å². The van der Waals surface area contributed by atoms with Gasteiger partial charge in [0.25, 0.3) is 0 Å². The summed E-state index contributed by atoms with van der Waals surface area (Å²) in [5, 5.41) is 17.0. The van der Waals surface area contributed by atoms with Crippen LogP contribution in [0.3, 0.4) is 0 Å². The van der Waals surface area contributed by atoms with Gasteiger partial charge in [-0.05, 0) is 109 Å². The third-order valence-corrected chi connectivity index (χ3v) is 6.79. The molecule has 0 saturated carbocycles. The Bertz CT molecular complexity index is 1010. The average Bonchev–Trinajstić information content (AvgIpc) is 3.07. The molecule has 0 aromatic rings. The second-order valence-electron chi connectivity index (χ2n) is 11.4. The van der Waals surface area contributed by atoms with Gasteiger partial charge in [-0.25, -0.2) is 0 Å². The Morgan fingerprint density at radius 1 is 0.333 bits per heavy atom.